The first-order chi connectivity index (χ1) is 9.98. The third-order valence-electron chi connectivity index (χ3n) is 4.81. The third kappa shape index (κ3) is 3.93. The van der Waals surface area contributed by atoms with E-state index in [1.165, 1.54) is 0 Å². The molecule has 1 aliphatic carbocycles. The van der Waals surface area contributed by atoms with Crippen molar-refractivity contribution in [3.05, 3.63) is 11.8 Å². The van der Waals surface area contributed by atoms with Gasteiger partial charge in [0.05, 0.1) is 11.2 Å². The average molecular weight is 324 g/mol. The third-order valence-corrected chi connectivity index (χ3v) is 8.04. The molecule has 1 saturated carbocycles. The van der Waals surface area contributed by atoms with E-state index in [1.54, 1.807) is 0 Å². The highest BCUT2D eigenvalue weighted by atomic mass is 28.3. The van der Waals surface area contributed by atoms with Crippen molar-refractivity contribution in [3.8, 4) is 0 Å². The topological polar surface area (TPSA) is 53.1 Å². The molecular weight excluding hydrogens is 290 g/mol. The lowest BCUT2D eigenvalue weighted by atomic mass is 10.0. The van der Waals surface area contributed by atoms with E-state index in [2.05, 4.69) is 54.2 Å². The zero-order valence-corrected chi connectivity index (χ0v) is 16.5. The summed E-state index contributed by atoms with van der Waals surface area (Å²) < 4.78 is 8.35. The van der Waals surface area contributed by atoms with E-state index in [-0.39, 0.29) is 5.54 Å². The molecule has 1 aromatic rings. The molecule has 3 atom stereocenters. The first-order valence-corrected chi connectivity index (χ1v) is 10.7. The Hall–Kier alpha value is -0.813. The molecule has 1 heterocycles. The van der Waals surface area contributed by atoms with Gasteiger partial charge in [-0.25, -0.2) is 4.68 Å². The Morgan fingerprint density at radius 1 is 1.23 bits per heavy atom. The molecule has 1 unspecified atom stereocenters. The van der Waals surface area contributed by atoms with E-state index in [4.69, 9.17) is 15.3 Å². The number of nitrogen functional groups attached to an aromatic ring is 1. The molecule has 0 saturated heterocycles. The van der Waals surface area contributed by atoms with Crippen molar-refractivity contribution in [2.24, 2.45) is 0 Å². The van der Waals surface area contributed by atoms with Crippen molar-refractivity contribution in [1.29, 1.82) is 0 Å². The maximum Gasteiger partial charge on any atom is 0.179 e. The molecule has 2 rings (SSSR count). The smallest absolute Gasteiger partial charge is 0.179 e. The molecule has 1 aromatic heterocycles. The Morgan fingerprint density at radius 2 is 1.86 bits per heavy atom. The van der Waals surface area contributed by atoms with Crippen LogP contribution in [0.4, 0.5) is 5.82 Å². The second-order valence-corrected chi connectivity index (χ2v) is 12.1. The molecule has 5 heteroatoms. The predicted molar refractivity (Wildman–Crippen MR) is 95.8 cm³/mol. The summed E-state index contributed by atoms with van der Waals surface area (Å²) in [5.74, 6) is 1.27. The number of anilines is 1. The van der Waals surface area contributed by atoms with Crippen LogP contribution in [-0.4, -0.2) is 24.9 Å². The standard InChI is InChI=1S/C17H33N3OSi/c1-16(2,3)20-15(18)11-14(19-20)12-8-9-13(10-12)21-22(7)17(4,5)6/h11-13,22H,8-10,18H2,1-7H3/t12-,13+,22?/m0/s1. The second kappa shape index (κ2) is 6.00. The van der Waals surface area contributed by atoms with Gasteiger partial charge >= 0.3 is 0 Å². The van der Waals surface area contributed by atoms with Crippen LogP contribution in [0, 0.1) is 0 Å². The normalized spacial score (nSPS) is 24.7. The zero-order chi connectivity index (χ0) is 16.7. The Labute approximate surface area is 137 Å². The fourth-order valence-electron chi connectivity index (χ4n) is 2.98. The molecule has 1 aliphatic rings. The van der Waals surface area contributed by atoms with E-state index in [1.807, 2.05) is 4.68 Å². The van der Waals surface area contributed by atoms with E-state index >= 15 is 0 Å². The second-order valence-electron chi connectivity index (χ2n) is 8.85. The SMILES string of the molecule is C[SiH](O[C@@H]1CC[C@H](c2cc(N)n(C(C)(C)C)n2)C1)C(C)(C)C. The number of hydrogen-bond acceptors (Lipinski definition) is 3. The van der Waals surface area contributed by atoms with Crippen molar-refractivity contribution >= 4 is 14.9 Å². The first-order valence-electron chi connectivity index (χ1n) is 8.50. The summed E-state index contributed by atoms with van der Waals surface area (Å²) in [6, 6.07) is 2.06. The first kappa shape index (κ1) is 17.5. The lowest BCUT2D eigenvalue weighted by Crippen LogP contribution is -2.30. The predicted octanol–water partition coefficient (Wildman–Crippen LogP) is 4.03. The minimum Gasteiger partial charge on any atom is -0.417 e. The minimum absolute atomic E-state index is 0.0650. The quantitative estimate of drug-likeness (QED) is 0.855. The average Bonchev–Trinajstić information content (AvgIpc) is 2.93. The van der Waals surface area contributed by atoms with Crippen LogP contribution in [-0.2, 0) is 9.96 Å². The van der Waals surface area contributed by atoms with Crippen LogP contribution < -0.4 is 5.73 Å². The van der Waals surface area contributed by atoms with Gasteiger partial charge in [0.25, 0.3) is 0 Å². The summed E-state index contributed by atoms with van der Waals surface area (Å²) in [6.45, 7) is 15.6. The van der Waals surface area contributed by atoms with E-state index in [9.17, 15) is 0 Å². The van der Waals surface area contributed by atoms with Crippen molar-refractivity contribution in [1.82, 2.24) is 9.78 Å². The van der Waals surface area contributed by atoms with Crippen molar-refractivity contribution in [2.75, 3.05) is 5.73 Å². The fourth-order valence-corrected chi connectivity index (χ4v) is 4.21. The van der Waals surface area contributed by atoms with Gasteiger partial charge in [-0.05, 0) is 51.6 Å². The summed E-state index contributed by atoms with van der Waals surface area (Å²) in [5.41, 5.74) is 7.22. The molecule has 2 N–H and O–H groups in total. The van der Waals surface area contributed by atoms with Gasteiger partial charge < -0.3 is 10.2 Å². The van der Waals surface area contributed by atoms with Crippen LogP contribution in [0.5, 0.6) is 0 Å². The summed E-state index contributed by atoms with van der Waals surface area (Å²) >= 11 is 0. The highest BCUT2D eigenvalue weighted by Crippen LogP contribution is 2.39. The molecule has 0 aliphatic heterocycles. The van der Waals surface area contributed by atoms with Crippen molar-refractivity contribution in [3.63, 3.8) is 0 Å². The molecule has 0 amide bonds. The summed E-state index contributed by atoms with van der Waals surface area (Å²) in [6.07, 6.45) is 3.82. The van der Waals surface area contributed by atoms with Gasteiger partial charge in [0.15, 0.2) is 9.04 Å². The van der Waals surface area contributed by atoms with Crippen molar-refractivity contribution < 1.29 is 4.43 Å². The van der Waals surface area contributed by atoms with Crippen LogP contribution in [0.2, 0.25) is 11.6 Å². The van der Waals surface area contributed by atoms with E-state index < -0.39 is 9.04 Å². The summed E-state index contributed by atoms with van der Waals surface area (Å²) in [7, 11) is -1.15. The molecular formula is C17H33N3OSi. The Balaban J connectivity index is 2.02. The van der Waals surface area contributed by atoms with Gasteiger partial charge in [-0.15, -0.1) is 0 Å². The van der Waals surface area contributed by atoms with Gasteiger partial charge in [-0.1, -0.05) is 20.8 Å². The molecule has 0 radical (unpaired) electrons. The Bertz CT molecular complexity index is 513. The van der Waals surface area contributed by atoms with Gasteiger partial charge in [0.1, 0.15) is 5.82 Å². The maximum atomic E-state index is 6.40. The van der Waals surface area contributed by atoms with Gasteiger partial charge in [0, 0.05) is 18.1 Å². The van der Waals surface area contributed by atoms with Crippen LogP contribution in [0.1, 0.15) is 72.4 Å². The van der Waals surface area contributed by atoms with E-state index in [0.29, 0.717) is 17.1 Å². The number of rotatable bonds is 3. The molecule has 22 heavy (non-hydrogen) atoms. The highest BCUT2D eigenvalue weighted by Gasteiger charge is 2.33. The monoisotopic (exact) mass is 323 g/mol. The highest BCUT2D eigenvalue weighted by molar-refractivity contribution is 6.53. The Kier molecular flexibility index (Phi) is 4.79. The number of nitrogens with two attached hydrogens (primary N) is 1. The van der Waals surface area contributed by atoms with Gasteiger partial charge in [0.2, 0.25) is 0 Å². The maximum absolute atomic E-state index is 6.40. The molecule has 1 fully saturated rings. The van der Waals surface area contributed by atoms with E-state index in [0.717, 1.165) is 30.8 Å². The number of hydrogen-bond donors (Lipinski definition) is 1. The minimum atomic E-state index is -1.15. The lowest BCUT2D eigenvalue weighted by molar-refractivity contribution is 0.199. The molecule has 0 aromatic carbocycles. The summed E-state index contributed by atoms with van der Waals surface area (Å²) in [4.78, 5) is 0. The molecule has 4 nitrogen and oxygen atoms in total. The van der Waals surface area contributed by atoms with Gasteiger partial charge in [-0.3, -0.25) is 0 Å². The largest absolute Gasteiger partial charge is 0.417 e. The van der Waals surface area contributed by atoms with Crippen LogP contribution in [0.3, 0.4) is 0 Å². The molecule has 126 valence electrons. The van der Waals surface area contributed by atoms with Gasteiger partial charge in [-0.2, -0.15) is 5.10 Å². The number of nitrogens with zero attached hydrogens (tertiary/aromatic N) is 2. The fraction of sp³-hybridized carbons (Fsp3) is 0.824. The summed E-state index contributed by atoms with van der Waals surface area (Å²) in [5, 5.41) is 5.10. The van der Waals surface area contributed by atoms with Crippen LogP contribution >= 0.6 is 0 Å². The van der Waals surface area contributed by atoms with Crippen LogP contribution in [0.25, 0.3) is 0 Å². The van der Waals surface area contributed by atoms with Crippen molar-refractivity contribution in [2.45, 2.75) is 90.0 Å². The van der Waals surface area contributed by atoms with Crippen LogP contribution in [0.15, 0.2) is 6.07 Å². The lowest BCUT2D eigenvalue weighted by Gasteiger charge is -2.28. The molecule has 0 bridgehead atoms. The zero-order valence-electron chi connectivity index (χ0n) is 15.3. The molecule has 0 spiro atoms. The Morgan fingerprint density at radius 3 is 2.36 bits per heavy atom. The number of aromatic nitrogens is 2.